The number of nitrogens with zero attached hydrogens (tertiary/aromatic N) is 1. The molecular weight excluding hydrogens is 466 g/mol. The van der Waals surface area contributed by atoms with E-state index in [1.54, 1.807) is 0 Å². The van der Waals surface area contributed by atoms with Crippen LogP contribution >= 0.6 is 0 Å². The van der Waals surface area contributed by atoms with Crippen molar-refractivity contribution in [3.63, 3.8) is 0 Å². The van der Waals surface area contributed by atoms with Crippen molar-refractivity contribution in [2.24, 2.45) is 0 Å². The number of hydrogen-bond donors (Lipinski definition) is 0. The first-order valence-electron chi connectivity index (χ1n) is 13.5. The van der Waals surface area contributed by atoms with E-state index in [0.717, 1.165) is 18.7 Å². The van der Waals surface area contributed by atoms with Crippen LogP contribution in [0, 0.1) is 6.92 Å². The highest BCUT2D eigenvalue weighted by Crippen LogP contribution is 2.35. The summed E-state index contributed by atoms with van der Waals surface area (Å²) in [5.41, 5.74) is 7.52. The summed E-state index contributed by atoms with van der Waals surface area (Å²) >= 11 is 0. The van der Waals surface area contributed by atoms with Crippen LogP contribution in [0.15, 0.2) is 103 Å². The van der Waals surface area contributed by atoms with E-state index in [9.17, 15) is 0 Å². The fourth-order valence-electron chi connectivity index (χ4n) is 5.67. The van der Waals surface area contributed by atoms with Crippen molar-refractivity contribution in [3.8, 4) is 22.4 Å². The van der Waals surface area contributed by atoms with Crippen LogP contribution in [0.3, 0.4) is 0 Å². The largest absolute Gasteiger partial charge is 0.492 e. The maximum atomic E-state index is 6.21. The van der Waals surface area contributed by atoms with Crippen LogP contribution in [0.2, 0.25) is 0 Å². The van der Waals surface area contributed by atoms with Crippen molar-refractivity contribution in [3.05, 3.63) is 114 Å². The lowest BCUT2D eigenvalue weighted by molar-refractivity contribution is -0.686. The number of aryl methyl sites for hydroxylation is 1. The second kappa shape index (κ2) is 10.4. The number of benzene rings is 4. The van der Waals surface area contributed by atoms with Gasteiger partial charge in [-0.2, -0.15) is 4.57 Å². The summed E-state index contributed by atoms with van der Waals surface area (Å²) in [5, 5.41) is 5.10. The molecule has 1 aliphatic heterocycles. The molecule has 0 bridgehead atoms. The fraction of sp³-hybridized carbons (Fsp3) is 0.229. The standard InChI is InChI=1S/C35H34NO2/c1-24-9-12-31-29(21-24)11-14-34-33(31)15-17-36-18-20-38-26(3)22-25(2)37-19-16-30-23-28(10-13-32(30)35(34)36)27-7-5-4-6-8-27/h4-15,17,21-23,25H,16,18-20H2,1-3H3/q+1. The second-order valence-corrected chi connectivity index (χ2v) is 10.3. The summed E-state index contributed by atoms with van der Waals surface area (Å²) in [6, 6.07) is 31.1. The Kier molecular flexibility index (Phi) is 6.70. The van der Waals surface area contributed by atoms with Gasteiger partial charge in [0.25, 0.3) is 0 Å². The molecule has 0 aliphatic carbocycles. The molecule has 6 rings (SSSR count). The summed E-state index contributed by atoms with van der Waals surface area (Å²) in [7, 11) is 0. The molecule has 1 unspecified atom stereocenters. The van der Waals surface area contributed by atoms with E-state index in [-0.39, 0.29) is 6.10 Å². The summed E-state index contributed by atoms with van der Waals surface area (Å²) < 4.78 is 14.7. The third kappa shape index (κ3) is 4.82. The predicted octanol–water partition coefficient (Wildman–Crippen LogP) is 7.80. The zero-order chi connectivity index (χ0) is 26.1. The molecule has 0 amide bonds. The summed E-state index contributed by atoms with van der Waals surface area (Å²) in [5.74, 6) is 0.907. The molecule has 1 aliphatic rings. The van der Waals surface area contributed by atoms with Crippen molar-refractivity contribution in [1.29, 1.82) is 0 Å². The summed E-state index contributed by atoms with van der Waals surface area (Å²) in [6.07, 6.45) is 5.13. The molecule has 5 aromatic rings. The number of rotatable bonds is 1. The Labute approximate surface area is 225 Å². The molecular formula is C35H34NO2+. The number of ether oxygens (including phenoxy) is 2. The number of pyridine rings is 1. The zero-order valence-electron chi connectivity index (χ0n) is 22.4. The average molecular weight is 501 g/mol. The van der Waals surface area contributed by atoms with E-state index in [0.29, 0.717) is 13.2 Å². The van der Waals surface area contributed by atoms with Crippen LogP contribution in [0.25, 0.3) is 43.9 Å². The number of allylic oxidation sites excluding steroid dienone is 1. The minimum absolute atomic E-state index is 0.00203. The third-order valence-electron chi connectivity index (χ3n) is 7.53. The lowest BCUT2D eigenvalue weighted by atomic mass is 9.92. The van der Waals surface area contributed by atoms with Crippen molar-refractivity contribution >= 4 is 21.5 Å². The molecule has 3 nitrogen and oxygen atoms in total. The molecule has 0 N–H and O–H groups in total. The summed E-state index contributed by atoms with van der Waals surface area (Å²) in [6.45, 7) is 8.25. The van der Waals surface area contributed by atoms with Gasteiger partial charge in [0, 0.05) is 11.5 Å². The molecule has 38 heavy (non-hydrogen) atoms. The highest BCUT2D eigenvalue weighted by Gasteiger charge is 2.23. The van der Waals surface area contributed by atoms with E-state index < -0.39 is 0 Å². The summed E-state index contributed by atoms with van der Waals surface area (Å²) in [4.78, 5) is 0. The number of fused-ring (bicyclic) bond motifs is 7. The Bertz CT molecular complexity index is 1650. The van der Waals surface area contributed by atoms with E-state index >= 15 is 0 Å². The van der Waals surface area contributed by atoms with Crippen LogP contribution in [0.4, 0.5) is 0 Å². The first-order valence-corrected chi connectivity index (χ1v) is 13.5. The van der Waals surface area contributed by atoms with E-state index in [2.05, 4.69) is 116 Å². The van der Waals surface area contributed by atoms with Gasteiger partial charge in [-0.05, 0) is 72.9 Å². The number of hydrogen-bond acceptors (Lipinski definition) is 2. The average Bonchev–Trinajstić information content (AvgIpc) is 2.93. The van der Waals surface area contributed by atoms with Gasteiger partial charge >= 0.3 is 0 Å². The van der Waals surface area contributed by atoms with Gasteiger partial charge in [-0.25, -0.2) is 0 Å². The highest BCUT2D eigenvalue weighted by atomic mass is 16.5. The van der Waals surface area contributed by atoms with Gasteiger partial charge in [0.15, 0.2) is 12.7 Å². The van der Waals surface area contributed by atoms with E-state index in [1.165, 1.54) is 55.1 Å². The van der Waals surface area contributed by atoms with Gasteiger partial charge in [0.2, 0.25) is 5.69 Å². The van der Waals surface area contributed by atoms with Gasteiger partial charge in [0.05, 0.1) is 29.4 Å². The maximum Gasteiger partial charge on any atom is 0.220 e. The van der Waals surface area contributed by atoms with E-state index in [4.69, 9.17) is 9.47 Å². The van der Waals surface area contributed by atoms with Gasteiger partial charge in [0.1, 0.15) is 6.61 Å². The van der Waals surface area contributed by atoms with Crippen LogP contribution in [0.5, 0.6) is 0 Å². The normalized spacial score (nSPS) is 16.4. The molecule has 1 atom stereocenters. The second-order valence-electron chi connectivity index (χ2n) is 10.3. The molecule has 2 heterocycles. The Balaban J connectivity index is 1.59. The van der Waals surface area contributed by atoms with Crippen LogP contribution in [-0.2, 0) is 22.4 Å². The Morgan fingerprint density at radius 2 is 1.61 bits per heavy atom. The Morgan fingerprint density at radius 3 is 2.47 bits per heavy atom. The minimum Gasteiger partial charge on any atom is -0.492 e. The van der Waals surface area contributed by atoms with Gasteiger partial charge < -0.3 is 9.47 Å². The molecule has 0 radical (unpaired) electrons. The van der Waals surface area contributed by atoms with E-state index in [1.807, 2.05) is 6.92 Å². The van der Waals surface area contributed by atoms with Crippen molar-refractivity contribution in [2.75, 3.05) is 13.2 Å². The SMILES string of the molecule is CC1=CC(C)OCCc2cc(-c3ccccc3)ccc2-c2c3ccc4cc(C)ccc4c3cc[n+]2CCO1. The van der Waals surface area contributed by atoms with Crippen molar-refractivity contribution < 1.29 is 14.0 Å². The molecule has 1 aromatic heterocycles. The Hall–Kier alpha value is -3.95. The number of aromatic nitrogens is 1. The smallest absolute Gasteiger partial charge is 0.220 e. The lowest BCUT2D eigenvalue weighted by Crippen LogP contribution is -2.38. The third-order valence-corrected chi connectivity index (χ3v) is 7.53. The van der Waals surface area contributed by atoms with Gasteiger partial charge in [-0.15, -0.1) is 0 Å². The molecule has 0 fully saturated rings. The molecule has 0 saturated carbocycles. The molecule has 0 saturated heterocycles. The predicted molar refractivity (Wildman–Crippen MR) is 156 cm³/mol. The molecule has 3 heteroatoms. The van der Waals surface area contributed by atoms with Crippen molar-refractivity contribution in [2.45, 2.75) is 39.8 Å². The van der Waals surface area contributed by atoms with Crippen LogP contribution in [0.1, 0.15) is 25.0 Å². The fourth-order valence-corrected chi connectivity index (χ4v) is 5.67. The zero-order valence-corrected chi connectivity index (χ0v) is 22.4. The first-order chi connectivity index (χ1) is 18.6. The van der Waals surface area contributed by atoms with Gasteiger partial charge in [-0.3, -0.25) is 0 Å². The highest BCUT2D eigenvalue weighted by molar-refractivity contribution is 6.10. The quantitative estimate of drug-likeness (QED) is 0.173. The maximum absolute atomic E-state index is 6.21. The first kappa shape index (κ1) is 24.4. The lowest BCUT2D eigenvalue weighted by Gasteiger charge is -2.15. The topological polar surface area (TPSA) is 22.3 Å². The molecule has 190 valence electrons. The monoisotopic (exact) mass is 500 g/mol. The molecule has 4 aromatic carbocycles. The van der Waals surface area contributed by atoms with Crippen LogP contribution in [-0.4, -0.2) is 19.3 Å². The minimum atomic E-state index is 0.00203. The van der Waals surface area contributed by atoms with Crippen LogP contribution < -0.4 is 4.57 Å². The Morgan fingerprint density at radius 1 is 0.763 bits per heavy atom. The van der Waals surface area contributed by atoms with Gasteiger partial charge in [-0.1, -0.05) is 72.3 Å². The van der Waals surface area contributed by atoms with Crippen molar-refractivity contribution in [1.82, 2.24) is 0 Å². The molecule has 0 spiro atoms.